The molecule has 3 aromatic carbocycles. The first kappa shape index (κ1) is 19.0. The summed E-state index contributed by atoms with van der Waals surface area (Å²) in [7, 11) is 0. The third-order valence-electron chi connectivity index (χ3n) is 3.46. The lowest BCUT2D eigenvalue weighted by atomic mass is 10.2. The number of nitrogens with one attached hydrogen (secondary N) is 2. The summed E-state index contributed by atoms with van der Waals surface area (Å²) >= 11 is 0. The van der Waals surface area contributed by atoms with Crippen molar-refractivity contribution in [3.8, 4) is 0 Å². The molecule has 3 aromatic rings. The minimum atomic E-state index is 0.143. The van der Waals surface area contributed by atoms with E-state index in [2.05, 4.69) is 10.6 Å². The van der Waals surface area contributed by atoms with E-state index in [1.165, 1.54) is 0 Å². The topological polar surface area (TPSA) is 122 Å². The van der Waals surface area contributed by atoms with Gasteiger partial charge in [-0.15, -0.1) is 0 Å². The Morgan fingerprint density at radius 3 is 1.27 bits per heavy atom. The number of nitrogen functional groups attached to an aromatic ring is 3. The van der Waals surface area contributed by atoms with Crippen LogP contribution < -0.4 is 27.8 Å². The predicted molar refractivity (Wildman–Crippen MR) is 111 cm³/mol. The van der Waals surface area contributed by atoms with Crippen LogP contribution in [0.1, 0.15) is 0 Å². The van der Waals surface area contributed by atoms with Gasteiger partial charge in [0.05, 0.1) is 6.61 Å². The molecule has 0 spiro atoms. The lowest BCUT2D eigenvalue weighted by Crippen LogP contribution is -2.04. The molecule has 0 atom stereocenters. The Morgan fingerprint density at radius 2 is 0.923 bits per heavy atom. The van der Waals surface area contributed by atoms with E-state index >= 15 is 0 Å². The van der Waals surface area contributed by atoms with Crippen LogP contribution in [0.3, 0.4) is 0 Å². The van der Waals surface area contributed by atoms with Crippen molar-refractivity contribution < 1.29 is 5.11 Å². The molecule has 0 aliphatic rings. The molecular formula is C20H25N5O. The Labute approximate surface area is 153 Å². The van der Waals surface area contributed by atoms with E-state index in [1.54, 1.807) is 0 Å². The molecule has 136 valence electrons. The van der Waals surface area contributed by atoms with Crippen LogP contribution in [0.25, 0.3) is 0 Å². The van der Waals surface area contributed by atoms with Gasteiger partial charge in [0.2, 0.25) is 0 Å². The number of hydrogen-bond donors (Lipinski definition) is 6. The van der Waals surface area contributed by atoms with Crippen LogP contribution in [-0.2, 0) is 0 Å². The van der Waals surface area contributed by atoms with Gasteiger partial charge in [0.15, 0.2) is 0 Å². The Hall–Kier alpha value is -3.38. The maximum Gasteiger partial charge on any atom is 0.0604 e. The average molecular weight is 351 g/mol. The lowest BCUT2D eigenvalue weighted by Gasteiger charge is -2.06. The van der Waals surface area contributed by atoms with Crippen molar-refractivity contribution in [2.75, 3.05) is 41.0 Å². The van der Waals surface area contributed by atoms with Crippen LogP contribution in [0.15, 0.2) is 72.8 Å². The summed E-state index contributed by atoms with van der Waals surface area (Å²) in [5.41, 5.74) is 21.9. The molecule has 0 aliphatic carbocycles. The SMILES string of the molecule is Nc1ccc(NCCO)cc1.Nc1ccc(Nc2ccc(N)cc2)cc1. The largest absolute Gasteiger partial charge is 0.399 e. The summed E-state index contributed by atoms with van der Waals surface area (Å²) in [6.45, 7) is 0.717. The fourth-order valence-corrected chi connectivity index (χ4v) is 2.10. The van der Waals surface area contributed by atoms with Gasteiger partial charge in [-0.2, -0.15) is 0 Å². The van der Waals surface area contributed by atoms with Crippen molar-refractivity contribution in [1.82, 2.24) is 0 Å². The van der Waals surface area contributed by atoms with Gasteiger partial charge in [0.1, 0.15) is 0 Å². The second-order valence-electron chi connectivity index (χ2n) is 5.64. The summed E-state index contributed by atoms with van der Waals surface area (Å²) in [4.78, 5) is 0. The van der Waals surface area contributed by atoms with Crippen molar-refractivity contribution in [2.45, 2.75) is 0 Å². The van der Waals surface area contributed by atoms with E-state index in [9.17, 15) is 0 Å². The lowest BCUT2D eigenvalue weighted by molar-refractivity contribution is 0.311. The van der Waals surface area contributed by atoms with Gasteiger partial charge in [-0.3, -0.25) is 0 Å². The molecule has 26 heavy (non-hydrogen) atoms. The van der Waals surface area contributed by atoms with Gasteiger partial charge in [-0.05, 0) is 72.8 Å². The fraction of sp³-hybridized carbons (Fsp3) is 0.100. The molecule has 9 N–H and O–H groups in total. The van der Waals surface area contributed by atoms with Gasteiger partial charge in [0, 0.05) is 40.7 Å². The van der Waals surface area contributed by atoms with E-state index < -0.39 is 0 Å². The van der Waals surface area contributed by atoms with Crippen LogP contribution in [-0.4, -0.2) is 18.3 Å². The maximum atomic E-state index is 8.49. The number of nitrogens with two attached hydrogens (primary N) is 3. The summed E-state index contributed by atoms with van der Waals surface area (Å²) in [6.07, 6.45) is 0. The van der Waals surface area contributed by atoms with Gasteiger partial charge in [0.25, 0.3) is 0 Å². The Balaban J connectivity index is 0.000000197. The zero-order valence-corrected chi connectivity index (χ0v) is 14.5. The molecule has 3 rings (SSSR count). The van der Waals surface area contributed by atoms with E-state index in [-0.39, 0.29) is 6.61 Å². The standard InChI is InChI=1S/C12H13N3.C8H12N2O/c13-9-1-5-11(6-2-9)15-12-7-3-10(14)4-8-12;9-7-1-3-8(4-2-7)10-5-6-11/h1-8,15H,13-14H2;1-4,10-11H,5-6,9H2. The number of benzene rings is 3. The van der Waals surface area contributed by atoms with Crippen molar-refractivity contribution in [1.29, 1.82) is 0 Å². The molecule has 0 saturated heterocycles. The highest BCUT2D eigenvalue weighted by Gasteiger charge is 1.94. The van der Waals surface area contributed by atoms with Crippen LogP contribution in [0.2, 0.25) is 0 Å². The minimum absolute atomic E-state index is 0.143. The quantitative estimate of drug-likeness (QED) is 0.392. The molecular weight excluding hydrogens is 326 g/mol. The van der Waals surface area contributed by atoms with Crippen LogP contribution in [0, 0.1) is 0 Å². The molecule has 0 amide bonds. The van der Waals surface area contributed by atoms with Gasteiger partial charge in [-0.1, -0.05) is 0 Å². The molecule has 0 aromatic heterocycles. The average Bonchev–Trinajstić information content (AvgIpc) is 2.66. The Kier molecular flexibility index (Phi) is 7.15. The first-order valence-corrected chi connectivity index (χ1v) is 8.25. The number of hydrogen-bond acceptors (Lipinski definition) is 6. The van der Waals surface area contributed by atoms with Crippen LogP contribution in [0.5, 0.6) is 0 Å². The van der Waals surface area contributed by atoms with Crippen molar-refractivity contribution >= 4 is 34.1 Å². The molecule has 0 fully saturated rings. The summed E-state index contributed by atoms with van der Waals surface area (Å²) in [6, 6.07) is 22.6. The molecule has 0 unspecified atom stereocenters. The molecule has 0 saturated carbocycles. The second-order valence-corrected chi connectivity index (χ2v) is 5.64. The van der Waals surface area contributed by atoms with Gasteiger partial charge in [-0.25, -0.2) is 0 Å². The maximum absolute atomic E-state index is 8.49. The van der Waals surface area contributed by atoms with Crippen molar-refractivity contribution in [3.05, 3.63) is 72.8 Å². The highest BCUT2D eigenvalue weighted by atomic mass is 16.3. The third-order valence-corrected chi connectivity index (χ3v) is 3.46. The molecule has 0 aliphatic heterocycles. The highest BCUT2D eigenvalue weighted by molar-refractivity contribution is 5.63. The monoisotopic (exact) mass is 351 g/mol. The fourth-order valence-electron chi connectivity index (χ4n) is 2.10. The normalized spacial score (nSPS) is 9.73. The summed E-state index contributed by atoms with van der Waals surface area (Å²) < 4.78 is 0. The van der Waals surface area contributed by atoms with Crippen LogP contribution in [0.4, 0.5) is 34.1 Å². The van der Waals surface area contributed by atoms with Gasteiger partial charge >= 0.3 is 0 Å². The molecule has 6 heteroatoms. The molecule has 0 heterocycles. The summed E-state index contributed by atoms with van der Waals surface area (Å²) in [5, 5.41) is 14.8. The van der Waals surface area contributed by atoms with Crippen molar-refractivity contribution in [2.24, 2.45) is 0 Å². The smallest absolute Gasteiger partial charge is 0.0604 e. The second kappa shape index (κ2) is 9.80. The number of aliphatic hydroxyl groups is 1. The predicted octanol–water partition coefficient (Wildman–Crippen LogP) is 3.27. The van der Waals surface area contributed by atoms with E-state index in [0.29, 0.717) is 6.54 Å². The number of aliphatic hydroxyl groups excluding tert-OH is 1. The molecule has 0 radical (unpaired) electrons. The molecule has 6 nitrogen and oxygen atoms in total. The molecule has 0 bridgehead atoms. The van der Waals surface area contributed by atoms with Crippen LogP contribution >= 0.6 is 0 Å². The number of anilines is 6. The first-order chi connectivity index (χ1) is 12.6. The highest BCUT2D eigenvalue weighted by Crippen LogP contribution is 2.18. The minimum Gasteiger partial charge on any atom is -0.399 e. The Bertz CT molecular complexity index is 727. The number of rotatable bonds is 5. The Morgan fingerprint density at radius 1 is 0.577 bits per heavy atom. The van der Waals surface area contributed by atoms with E-state index in [0.717, 1.165) is 34.1 Å². The van der Waals surface area contributed by atoms with Gasteiger partial charge < -0.3 is 32.9 Å². The zero-order valence-electron chi connectivity index (χ0n) is 14.5. The van der Waals surface area contributed by atoms with E-state index in [1.807, 2.05) is 72.8 Å². The van der Waals surface area contributed by atoms with E-state index in [4.69, 9.17) is 22.3 Å². The summed E-state index contributed by atoms with van der Waals surface area (Å²) in [5.74, 6) is 0. The first-order valence-electron chi connectivity index (χ1n) is 8.25. The van der Waals surface area contributed by atoms with Crippen molar-refractivity contribution in [3.63, 3.8) is 0 Å². The third kappa shape index (κ3) is 6.62. The zero-order chi connectivity index (χ0) is 18.8.